The number of hydrogen-bond acceptors (Lipinski definition) is 10. The van der Waals surface area contributed by atoms with E-state index in [-0.39, 0.29) is 88.4 Å². The number of quaternary nitrogens is 2. The predicted molar refractivity (Wildman–Crippen MR) is 223 cm³/mol. The molecule has 0 bridgehead atoms. The third kappa shape index (κ3) is 39.3. The second-order valence-corrected chi connectivity index (χ2v) is 15.0. The van der Waals surface area contributed by atoms with E-state index in [1.165, 1.54) is 0 Å². The average Bonchev–Trinajstić information content (AvgIpc) is 3.16. The molecule has 0 heterocycles. The third-order valence-electron chi connectivity index (χ3n) is 10.2. The number of carboxylic acids is 4. The molecule has 0 fully saturated rings. The van der Waals surface area contributed by atoms with Crippen molar-refractivity contribution in [3.8, 4) is 0 Å². The molecule has 0 saturated heterocycles. The van der Waals surface area contributed by atoms with E-state index in [9.17, 15) is 49.2 Å². The molecule has 0 spiro atoms. The summed E-state index contributed by atoms with van der Waals surface area (Å²) in [6, 6.07) is 0. The smallest absolute Gasteiger partial charge is 0.550 e. The van der Waals surface area contributed by atoms with Crippen LogP contribution in [0.1, 0.15) is 128 Å². The van der Waals surface area contributed by atoms with Crippen LogP contribution in [-0.4, -0.2) is 181 Å². The Balaban J connectivity index is -0.00000105. The van der Waals surface area contributed by atoms with Crippen LogP contribution in [0.3, 0.4) is 0 Å². The fourth-order valence-corrected chi connectivity index (χ4v) is 6.84. The Kier molecular flexibility index (Phi) is 42.0. The minimum atomic E-state index is -1.07. The predicted octanol–water partition coefficient (Wildman–Crippen LogP) is 1.29. The van der Waals surface area contributed by atoms with Crippen molar-refractivity contribution in [3.05, 3.63) is 25.3 Å². The van der Waals surface area contributed by atoms with Gasteiger partial charge in [-0.3, -0.25) is 19.2 Å². The Morgan fingerprint density at radius 1 is 0.458 bits per heavy atom. The molecule has 0 aliphatic rings. The normalized spacial score (nSPS) is 12.6. The summed E-state index contributed by atoms with van der Waals surface area (Å²) < 4.78 is 1.08. The molecule has 0 aromatic heterocycles. The molecule has 0 aliphatic carbocycles. The molecule has 2 unspecified atom stereocenters. The molecule has 0 aliphatic heterocycles. The van der Waals surface area contributed by atoms with Gasteiger partial charge in [0.25, 0.3) is 0 Å². The van der Waals surface area contributed by atoms with Crippen LogP contribution in [0.4, 0.5) is 0 Å². The number of unbranched alkanes of at least 4 members (excludes halogenated alkanes) is 8. The van der Waals surface area contributed by atoms with E-state index in [0.29, 0.717) is 139 Å². The molecule has 6 N–H and O–H groups in total. The van der Waals surface area contributed by atoms with Crippen molar-refractivity contribution in [2.75, 3.05) is 78.7 Å². The first-order valence-corrected chi connectivity index (χ1v) is 21.2. The summed E-state index contributed by atoms with van der Waals surface area (Å²) in [7, 11) is 0. The second kappa shape index (κ2) is 40.8. The van der Waals surface area contributed by atoms with Crippen LogP contribution in [0.5, 0.6) is 0 Å². The third-order valence-corrected chi connectivity index (χ3v) is 10.2. The van der Waals surface area contributed by atoms with Gasteiger partial charge in [-0.25, -0.2) is 0 Å². The minimum absolute atomic E-state index is 0. The van der Waals surface area contributed by atoms with Crippen LogP contribution in [-0.2, 0) is 28.8 Å². The molecule has 2 atom stereocenters. The number of carbonyl (C=O) groups excluding carboxylic acids is 4. The number of amides is 2. The van der Waals surface area contributed by atoms with Crippen molar-refractivity contribution >= 4 is 73.4 Å². The van der Waals surface area contributed by atoms with Crippen molar-refractivity contribution in [2.24, 2.45) is 0 Å². The summed E-state index contributed by atoms with van der Waals surface area (Å²) in [5, 5.41) is 63.9. The maximum absolute atomic E-state index is 12.0. The molecule has 0 aromatic carbocycles. The van der Waals surface area contributed by atoms with E-state index >= 15 is 0 Å². The summed E-state index contributed by atoms with van der Waals surface area (Å²) in [5.74, 6) is -3.81. The minimum Gasteiger partial charge on any atom is -0.550 e. The molecule has 2 amide bonds. The summed E-state index contributed by atoms with van der Waals surface area (Å²) in [5.41, 5.74) is 0. The molecular weight excluding hydrogens is 793 g/mol. The van der Waals surface area contributed by atoms with E-state index in [0.717, 1.165) is 38.5 Å². The van der Waals surface area contributed by atoms with E-state index in [4.69, 9.17) is 10.2 Å². The summed E-state index contributed by atoms with van der Waals surface area (Å²) in [4.78, 5) is 66.7. The first-order valence-electron chi connectivity index (χ1n) is 21.2. The Morgan fingerprint density at radius 2 is 0.763 bits per heavy atom. The summed E-state index contributed by atoms with van der Waals surface area (Å²) >= 11 is 0. The zero-order valence-corrected chi connectivity index (χ0v) is 38.1. The number of aliphatic hydroxyl groups is 2. The van der Waals surface area contributed by atoms with Gasteiger partial charge in [0.2, 0.25) is 11.8 Å². The fraction of sp³-hybridized carbons (Fsp3) is 0.762. The van der Waals surface area contributed by atoms with E-state index in [1.807, 2.05) is 12.2 Å². The van der Waals surface area contributed by atoms with Gasteiger partial charge in [-0.05, 0) is 103 Å². The van der Waals surface area contributed by atoms with Crippen LogP contribution in [0.2, 0.25) is 0 Å². The largest absolute Gasteiger partial charge is 2.00 e. The van der Waals surface area contributed by atoms with Gasteiger partial charge in [0.15, 0.2) is 0 Å². The maximum atomic E-state index is 12.0. The quantitative estimate of drug-likeness (QED) is 0.0221. The van der Waals surface area contributed by atoms with Crippen molar-refractivity contribution in [3.63, 3.8) is 0 Å². The number of carbonyl (C=O) groups is 6. The standard InChI is InChI=1S/2C21H38N2O6.Ca/c2*1-2-3-4-5-10-19(25)22-13-16-23(17-18-24,14-8-6-11-20(26)27)15-9-7-12-21(28)29;/h2*2,24H,1,3-18H2,(H2-,22,25,26,27,28,29);/q;;+2. The van der Waals surface area contributed by atoms with Crippen molar-refractivity contribution in [1.29, 1.82) is 0 Å². The van der Waals surface area contributed by atoms with Gasteiger partial charge in [0, 0.05) is 37.6 Å². The molecule has 0 radical (unpaired) electrons. The molecule has 0 rings (SSSR count). The van der Waals surface area contributed by atoms with Crippen molar-refractivity contribution in [1.82, 2.24) is 10.6 Å². The van der Waals surface area contributed by atoms with Gasteiger partial charge in [-0.1, -0.05) is 12.2 Å². The van der Waals surface area contributed by atoms with Crippen LogP contribution in [0, 0.1) is 0 Å². The maximum Gasteiger partial charge on any atom is 2.00 e. The Bertz CT molecular complexity index is 1040. The summed E-state index contributed by atoms with van der Waals surface area (Å²) in [6.45, 7) is 13.2. The molecule has 0 saturated carbocycles. The molecule has 59 heavy (non-hydrogen) atoms. The zero-order chi connectivity index (χ0) is 43.9. The summed E-state index contributed by atoms with van der Waals surface area (Å²) in [6.07, 6.45) is 14.9. The molecule has 17 heteroatoms. The van der Waals surface area contributed by atoms with Crippen LogP contribution >= 0.6 is 0 Å². The van der Waals surface area contributed by atoms with Crippen molar-refractivity contribution < 1.29 is 68.4 Å². The monoisotopic (exact) mass is 869 g/mol. The van der Waals surface area contributed by atoms with Gasteiger partial charge in [0.05, 0.1) is 65.6 Å². The number of rotatable bonds is 40. The van der Waals surface area contributed by atoms with E-state index in [2.05, 4.69) is 23.8 Å². The Labute approximate surface area is 382 Å². The molecule has 16 nitrogen and oxygen atoms in total. The second-order valence-electron chi connectivity index (χ2n) is 15.0. The SMILES string of the molecule is C=CCCCCC(=O)NCC[N+](CCO)(CCCCC(=O)[O-])CCCCC(=O)O.C=CCCCCC(=O)NCC[N+](CCO)(CCCCC(=O)[O-])CCCCC(=O)O.[Ca+2]. The zero-order valence-electron chi connectivity index (χ0n) is 35.9. The number of nitrogens with one attached hydrogen (secondary N) is 2. The van der Waals surface area contributed by atoms with Gasteiger partial charge in [-0.15, -0.1) is 13.2 Å². The number of aliphatic carboxylic acids is 4. The topological polar surface area (TPSA) is 254 Å². The van der Waals surface area contributed by atoms with Gasteiger partial charge < -0.3 is 59.8 Å². The van der Waals surface area contributed by atoms with Crippen LogP contribution in [0.15, 0.2) is 25.3 Å². The van der Waals surface area contributed by atoms with E-state index < -0.39 is 23.9 Å². The van der Waals surface area contributed by atoms with Gasteiger partial charge in [0.1, 0.15) is 13.1 Å². The number of aliphatic hydroxyl groups excluding tert-OH is 2. The molecular formula is C42H76CaN4O12+2. The number of carboxylic acid groups (broad SMARTS) is 4. The van der Waals surface area contributed by atoms with Crippen molar-refractivity contribution in [2.45, 2.75) is 128 Å². The number of nitrogens with zero attached hydrogens (tertiary/aromatic N) is 2. The van der Waals surface area contributed by atoms with Crippen LogP contribution in [0.25, 0.3) is 0 Å². The molecule has 0 aromatic rings. The van der Waals surface area contributed by atoms with Gasteiger partial charge in [-0.2, -0.15) is 0 Å². The Morgan fingerprint density at radius 3 is 1.03 bits per heavy atom. The molecule has 336 valence electrons. The first-order chi connectivity index (χ1) is 27.7. The van der Waals surface area contributed by atoms with Crippen LogP contribution < -0.4 is 20.8 Å². The average molecular weight is 869 g/mol. The first kappa shape index (κ1) is 60.7. The Hall–Kier alpha value is -2.60. The number of hydrogen-bond donors (Lipinski definition) is 6. The van der Waals surface area contributed by atoms with E-state index in [1.54, 1.807) is 0 Å². The van der Waals surface area contributed by atoms with Gasteiger partial charge >= 0.3 is 49.7 Å². The number of allylic oxidation sites excluding steroid dienone is 2. The fourth-order valence-electron chi connectivity index (χ4n) is 6.84.